The lowest BCUT2D eigenvalue weighted by Crippen LogP contribution is -2.21. The van der Waals surface area contributed by atoms with Gasteiger partial charge in [0.25, 0.3) is 6.16 Å². The maximum absolute atomic E-state index is 9.78. The molecule has 1 heterocycles. The fourth-order valence-electron chi connectivity index (χ4n) is 0.482. The molecule has 5 nitrogen and oxygen atoms in total. The number of carbonyl (C=O) groups excluding carboxylic acids is 1. The Hall–Kier alpha value is -0.380. The van der Waals surface area contributed by atoms with Crippen molar-refractivity contribution < 1.29 is 23.5 Å². The molecule has 0 aromatic rings. The van der Waals surface area contributed by atoms with Gasteiger partial charge >= 0.3 is 8.60 Å². The zero-order valence-corrected chi connectivity index (χ0v) is 6.17. The average molecular weight is 165 g/mol. The van der Waals surface area contributed by atoms with Crippen LogP contribution in [0.1, 0.15) is 6.92 Å². The Bertz CT molecular complexity index is 138. The predicted octanol–water partition coefficient (Wildman–Crippen LogP) is 0.00850. The standard InChI is InChI=1S/C4H7O5P/c1-3-2-7-10(8-3)9-4(5)6/h3H,2H2,1H3,(H,5,6)/p-1. The van der Waals surface area contributed by atoms with Gasteiger partial charge in [-0.2, -0.15) is 0 Å². The van der Waals surface area contributed by atoms with Gasteiger partial charge in [0, 0.05) is 0 Å². The monoisotopic (exact) mass is 165 g/mol. The fourth-order valence-corrected chi connectivity index (χ4v) is 1.45. The lowest BCUT2D eigenvalue weighted by molar-refractivity contribution is -0.271. The van der Waals surface area contributed by atoms with E-state index >= 15 is 0 Å². The highest BCUT2D eigenvalue weighted by atomic mass is 31.2. The molecular weight excluding hydrogens is 159 g/mol. The molecule has 1 rings (SSSR count). The van der Waals surface area contributed by atoms with Gasteiger partial charge in [0.15, 0.2) is 0 Å². The lowest BCUT2D eigenvalue weighted by Gasteiger charge is -2.11. The number of hydrogen-bond acceptors (Lipinski definition) is 5. The van der Waals surface area contributed by atoms with Crippen molar-refractivity contribution >= 4 is 14.8 Å². The van der Waals surface area contributed by atoms with Crippen LogP contribution in [0.3, 0.4) is 0 Å². The van der Waals surface area contributed by atoms with Crippen LogP contribution in [-0.4, -0.2) is 18.9 Å². The highest BCUT2D eigenvalue weighted by Gasteiger charge is 2.23. The molecule has 0 saturated carbocycles. The molecule has 58 valence electrons. The summed E-state index contributed by atoms with van der Waals surface area (Å²) in [4.78, 5) is 9.78. The summed E-state index contributed by atoms with van der Waals surface area (Å²) in [5, 5.41) is 9.78. The van der Waals surface area contributed by atoms with Crippen LogP contribution in [0.2, 0.25) is 0 Å². The Balaban J connectivity index is 2.24. The predicted molar refractivity (Wildman–Crippen MR) is 29.9 cm³/mol. The van der Waals surface area contributed by atoms with E-state index in [4.69, 9.17) is 9.05 Å². The van der Waals surface area contributed by atoms with E-state index < -0.39 is 14.8 Å². The molecule has 2 atom stereocenters. The van der Waals surface area contributed by atoms with E-state index in [1.54, 1.807) is 6.92 Å². The number of carboxylic acid groups (broad SMARTS) is 1. The molecule has 2 unspecified atom stereocenters. The minimum absolute atomic E-state index is 0.0922. The van der Waals surface area contributed by atoms with E-state index in [0.717, 1.165) is 0 Å². The molecule has 1 aliphatic heterocycles. The summed E-state index contributed by atoms with van der Waals surface area (Å²) in [5.41, 5.74) is 0. The molecule has 1 aliphatic rings. The zero-order chi connectivity index (χ0) is 7.56. The van der Waals surface area contributed by atoms with Crippen LogP contribution in [0, 0.1) is 0 Å². The van der Waals surface area contributed by atoms with Crippen LogP contribution in [0.15, 0.2) is 0 Å². The third kappa shape index (κ3) is 2.10. The van der Waals surface area contributed by atoms with Gasteiger partial charge in [-0.25, -0.2) is 0 Å². The molecule has 10 heavy (non-hydrogen) atoms. The molecular formula is C4H6O5P-. The highest BCUT2D eigenvalue weighted by molar-refractivity contribution is 7.42. The van der Waals surface area contributed by atoms with E-state index in [2.05, 4.69) is 4.52 Å². The lowest BCUT2D eigenvalue weighted by atomic mass is 10.5. The van der Waals surface area contributed by atoms with Crippen LogP contribution in [-0.2, 0) is 13.6 Å². The van der Waals surface area contributed by atoms with E-state index in [0.29, 0.717) is 6.61 Å². The summed E-state index contributed by atoms with van der Waals surface area (Å²) in [5.74, 6) is 0. The van der Waals surface area contributed by atoms with Crippen molar-refractivity contribution in [3.05, 3.63) is 0 Å². The van der Waals surface area contributed by atoms with Crippen molar-refractivity contribution in [3.8, 4) is 0 Å². The van der Waals surface area contributed by atoms with Gasteiger partial charge in [0.05, 0.1) is 12.7 Å². The first-order chi connectivity index (χ1) is 4.68. The number of hydrogen-bond donors (Lipinski definition) is 0. The van der Waals surface area contributed by atoms with E-state index in [1.165, 1.54) is 0 Å². The molecule has 0 aromatic carbocycles. The molecule has 0 aromatic heterocycles. The Morgan fingerprint density at radius 3 is 3.00 bits per heavy atom. The zero-order valence-electron chi connectivity index (χ0n) is 5.27. The largest absolute Gasteiger partial charge is 0.479 e. The third-order valence-electron chi connectivity index (χ3n) is 0.830. The molecule has 6 heteroatoms. The van der Waals surface area contributed by atoms with Gasteiger partial charge in [-0.1, -0.05) is 0 Å². The van der Waals surface area contributed by atoms with Crippen molar-refractivity contribution in [3.63, 3.8) is 0 Å². The van der Waals surface area contributed by atoms with Gasteiger partial charge in [0.2, 0.25) is 0 Å². The first kappa shape index (κ1) is 7.72. The fraction of sp³-hybridized carbons (Fsp3) is 0.750. The minimum atomic E-state index is -1.69. The average Bonchev–Trinajstić information content (AvgIpc) is 2.13. The maximum Gasteiger partial charge on any atom is 0.305 e. The summed E-state index contributed by atoms with van der Waals surface area (Å²) >= 11 is 0. The summed E-state index contributed by atoms with van der Waals surface area (Å²) in [6.07, 6.45) is -1.70. The SMILES string of the molecule is CC1COP(OC(=O)[O-])O1. The first-order valence-electron chi connectivity index (χ1n) is 2.67. The second-order valence-corrected chi connectivity index (χ2v) is 2.88. The highest BCUT2D eigenvalue weighted by Crippen LogP contribution is 2.45. The van der Waals surface area contributed by atoms with Gasteiger partial charge in [-0.3, -0.25) is 0 Å². The summed E-state index contributed by atoms with van der Waals surface area (Å²) in [6.45, 7) is 2.14. The van der Waals surface area contributed by atoms with Crippen LogP contribution >= 0.6 is 8.60 Å². The Kier molecular flexibility index (Phi) is 2.43. The molecule has 0 radical (unpaired) electrons. The van der Waals surface area contributed by atoms with Crippen LogP contribution in [0.4, 0.5) is 4.79 Å². The maximum atomic E-state index is 9.78. The van der Waals surface area contributed by atoms with Gasteiger partial charge in [-0.05, 0) is 6.92 Å². The second-order valence-electron chi connectivity index (χ2n) is 1.78. The molecule has 0 aliphatic carbocycles. The molecule has 1 saturated heterocycles. The normalized spacial score (nSPS) is 32.1. The van der Waals surface area contributed by atoms with Gasteiger partial charge in [-0.15, -0.1) is 0 Å². The van der Waals surface area contributed by atoms with Crippen LogP contribution in [0.25, 0.3) is 0 Å². The van der Waals surface area contributed by atoms with Crippen molar-refractivity contribution in [2.24, 2.45) is 0 Å². The first-order valence-corrected chi connectivity index (χ1v) is 3.77. The Morgan fingerprint density at radius 1 is 1.90 bits per heavy atom. The van der Waals surface area contributed by atoms with E-state index in [9.17, 15) is 9.90 Å². The number of rotatable bonds is 1. The summed E-state index contributed by atoms with van der Waals surface area (Å²) in [6, 6.07) is 0. The molecule has 1 fully saturated rings. The Labute approximate surface area is 58.9 Å². The van der Waals surface area contributed by atoms with E-state index in [-0.39, 0.29) is 6.10 Å². The number of carbonyl (C=O) groups is 1. The van der Waals surface area contributed by atoms with E-state index in [1.807, 2.05) is 0 Å². The minimum Gasteiger partial charge on any atom is -0.479 e. The molecule has 0 bridgehead atoms. The molecule has 0 spiro atoms. The van der Waals surface area contributed by atoms with Crippen LogP contribution in [0.5, 0.6) is 0 Å². The van der Waals surface area contributed by atoms with Crippen molar-refractivity contribution in [2.75, 3.05) is 6.61 Å². The third-order valence-corrected chi connectivity index (χ3v) is 2.02. The second kappa shape index (κ2) is 3.14. The van der Waals surface area contributed by atoms with Crippen molar-refractivity contribution in [1.29, 1.82) is 0 Å². The van der Waals surface area contributed by atoms with Crippen LogP contribution < -0.4 is 5.11 Å². The summed E-state index contributed by atoms with van der Waals surface area (Å²) in [7, 11) is -1.69. The molecule has 0 amide bonds. The topological polar surface area (TPSA) is 67.8 Å². The molecule has 0 N–H and O–H groups in total. The van der Waals surface area contributed by atoms with Crippen molar-refractivity contribution in [2.45, 2.75) is 13.0 Å². The summed E-state index contributed by atoms with van der Waals surface area (Å²) < 4.78 is 13.8. The Morgan fingerprint density at radius 2 is 2.60 bits per heavy atom. The van der Waals surface area contributed by atoms with Gasteiger partial charge < -0.3 is 23.5 Å². The quantitative estimate of drug-likeness (QED) is 0.512. The van der Waals surface area contributed by atoms with Crippen molar-refractivity contribution in [1.82, 2.24) is 0 Å². The smallest absolute Gasteiger partial charge is 0.305 e. The van der Waals surface area contributed by atoms with Gasteiger partial charge in [0.1, 0.15) is 0 Å².